The van der Waals surface area contributed by atoms with Gasteiger partial charge in [0.25, 0.3) is 11.7 Å². The van der Waals surface area contributed by atoms with Crippen LogP contribution in [0.2, 0.25) is 0 Å². The molecule has 0 saturated carbocycles. The van der Waals surface area contributed by atoms with Gasteiger partial charge < -0.3 is 19.6 Å². The lowest BCUT2D eigenvalue weighted by atomic mass is 9.93. The van der Waals surface area contributed by atoms with Gasteiger partial charge in [0.15, 0.2) is 0 Å². The molecule has 30 heavy (non-hydrogen) atoms. The lowest BCUT2D eigenvalue weighted by Crippen LogP contribution is -2.35. The number of likely N-dealkylation sites (tertiary alicyclic amines) is 1. The fraction of sp³-hybridized carbons (Fsp3) is 0.333. The number of methoxy groups -OCH3 is 1. The van der Waals surface area contributed by atoms with Crippen LogP contribution in [0.3, 0.4) is 0 Å². The van der Waals surface area contributed by atoms with Gasteiger partial charge in [0.2, 0.25) is 0 Å². The number of ether oxygens (including phenoxy) is 1. The second kappa shape index (κ2) is 8.71. The van der Waals surface area contributed by atoms with Crippen LogP contribution in [0.4, 0.5) is 0 Å². The van der Waals surface area contributed by atoms with Crippen molar-refractivity contribution in [3.8, 4) is 5.75 Å². The Balaban J connectivity index is 2.16. The van der Waals surface area contributed by atoms with Gasteiger partial charge in [-0.25, -0.2) is 0 Å². The van der Waals surface area contributed by atoms with Crippen molar-refractivity contribution < 1.29 is 19.4 Å². The molecule has 3 rings (SSSR count). The van der Waals surface area contributed by atoms with Crippen molar-refractivity contribution in [3.63, 3.8) is 0 Å². The molecule has 0 aliphatic carbocycles. The molecule has 1 heterocycles. The minimum atomic E-state index is -0.660. The Morgan fingerprint density at radius 1 is 1.10 bits per heavy atom. The predicted molar refractivity (Wildman–Crippen MR) is 116 cm³/mol. The predicted octanol–water partition coefficient (Wildman–Crippen LogP) is 3.30. The molecule has 1 amide bonds. The molecule has 2 aromatic rings. The Labute approximate surface area is 177 Å². The Hall–Kier alpha value is -3.12. The maximum absolute atomic E-state index is 13.0. The number of nitrogens with zero attached hydrogens (tertiary/aromatic N) is 2. The molecule has 6 nitrogen and oxygen atoms in total. The normalized spacial score (nSPS) is 18.3. The molecule has 1 atom stereocenters. The second-order valence-electron chi connectivity index (χ2n) is 7.89. The molecule has 0 aromatic heterocycles. The number of hydrogen-bond donors (Lipinski definition) is 1. The molecule has 2 aromatic carbocycles. The standard InChI is InChI=1S/C24H28N2O4/c1-15-6-8-17(9-7-15)21-20(23(28)24(29)26(21)13-12-25(3)4)22(27)19-11-10-18(30-5)14-16(19)2/h6-11,14,21,27H,12-13H2,1-5H3/b22-20+/t21-/m0/s1. The van der Waals surface area contributed by atoms with Crippen molar-refractivity contribution in [2.24, 2.45) is 0 Å². The summed E-state index contributed by atoms with van der Waals surface area (Å²) in [5, 5.41) is 11.2. The van der Waals surface area contributed by atoms with Crippen LogP contribution in [0.1, 0.15) is 28.3 Å². The third kappa shape index (κ3) is 4.09. The first-order valence-corrected chi connectivity index (χ1v) is 9.89. The number of amides is 1. The van der Waals surface area contributed by atoms with E-state index < -0.39 is 17.7 Å². The summed E-state index contributed by atoms with van der Waals surface area (Å²) in [6, 6.07) is 12.3. The van der Waals surface area contributed by atoms with E-state index in [4.69, 9.17) is 4.74 Å². The third-order valence-electron chi connectivity index (χ3n) is 5.41. The number of likely N-dealkylation sites (N-methyl/N-ethyl adjacent to an activating group) is 1. The van der Waals surface area contributed by atoms with Crippen LogP contribution in [0.15, 0.2) is 48.0 Å². The first kappa shape index (κ1) is 21.6. The summed E-state index contributed by atoms with van der Waals surface area (Å²) >= 11 is 0. The molecule has 1 saturated heterocycles. The molecule has 1 aliphatic rings. The molecule has 0 bridgehead atoms. The van der Waals surface area contributed by atoms with Crippen LogP contribution in [0, 0.1) is 13.8 Å². The third-order valence-corrected chi connectivity index (χ3v) is 5.41. The summed E-state index contributed by atoms with van der Waals surface area (Å²) < 4.78 is 5.23. The first-order chi connectivity index (χ1) is 14.2. The number of aliphatic hydroxyl groups excluding tert-OH is 1. The van der Waals surface area contributed by atoms with Crippen molar-refractivity contribution in [2.75, 3.05) is 34.3 Å². The summed E-state index contributed by atoms with van der Waals surface area (Å²) in [6.07, 6.45) is 0. The van der Waals surface area contributed by atoms with Gasteiger partial charge in [-0.15, -0.1) is 0 Å². The number of ketones is 1. The number of benzene rings is 2. The van der Waals surface area contributed by atoms with Gasteiger partial charge in [0.1, 0.15) is 11.5 Å². The first-order valence-electron chi connectivity index (χ1n) is 9.89. The van der Waals surface area contributed by atoms with Gasteiger partial charge >= 0.3 is 0 Å². The van der Waals surface area contributed by atoms with E-state index in [0.29, 0.717) is 24.4 Å². The molecule has 158 valence electrons. The highest BCUT2D eigenvalue weighted by Crippen LogP contribution is 2.40. The number of hydrogen-bond acceptors (Lipinski definition) is 5. The summed E-state index contributed by atoms with van der Waals surface area (Å²) in [4.78, 5) is 29.4. The lowest BCUT2D eigenvalue weighted by Gasteiger charge is -2.26. The summed E-state index contributed by atoms with van der Waals surface area (Å²) in [5.74, 6) is -0.751. The molecule has 0 unspecified atom stereocenters. The average Bonchev–Trinajstić information content (AvgIpc) is 2.96. The Kier molecular flexibility index (Phi) is 6.27. The Morgan fingerprint density at radius 2 is 1.77 bits per heavy atom. The molecular weight excluding hydrogens is 380 g/mol. The molecule has 1 N–H and O–H groups in total. The van der Waals surface area contributed by atoms with E-state index in [0.717, 1.165) is 16.7 Å². The Bertz CT molecular complexity index is 993. The highest BCUT2D eigenvalue weighted by Gasteiger charge is 2.45. The van der Waals surface area contributed by atoms with E-state index >= 15 is 0 Å². The SMILES string of the molecule is COc1ccc(/C(O)=C2\C(=O)C(=O)N(CCN(C)C)[C@H]2c2ccc(C)cc2)c(C)c1. The molecule has 1 fully saturated rings. The number of Topliss-reactive ketones (excluding diaryl/α,β-unsaturated/α-hetero) is 1. The summed E-state index contributed by atoms with van der Waals surface area (Å²) in [6.45, 7) is 4.81. The zero-order valence-electron chi connectivity index (χ0n) is 18.1. The van der Waals surface area contributed by atoms with Crippen LogP contribution in [-0.4, -0.2) is 60.9 Å². The van der Waals surface area contributed by atoms with Crippen LogP contribution < -0.4 is 4.74 Å². The lowest BCUT2D eigenvalue weighted by molar-refractivity contribution is -0.140. The largest absolute Gasteiger partial charge is 0.507 e. The summed E-state index contributed by atoms with van der Waals surface area (Å²) in [7, 11) is 5.40. The van der Waals surface area contributed by atoms with Gasteiger partial charge in [0, 0.05) is 18.7 Å². The monoisotopic (exact) mass is 408 g/mol. The van der Waals surface area contributed by atoms with Crippen LogP contribution in [0.25, 0.3) is 5.76 Å². The van der Waals surface area contributed by atoms with E-state index in [1.54, 1.807) is 30.2 Å². The molecule has 0 radical (unpaired) electrons. The maximum atomic E-state index is 13.0. The van der Waals surface area contributed by atoms with Crippen molar-refractivity contribution >= 4 is 17.4 Å². The minimum absolute atomic E-state index is 0.121. The van der Waals surface area contributed by atoms with Crippen molar-refractivity contribution in [1.82, 2.24) is 9.80 Å². The zero-order valence-corrected chi connectivity index (χ0v) is 18.1. The molecular formula is C24H28N2O4. The quantitative estimate of drug-likeness (QED) is 0.451. The minimum Gasteiger partial charge on any atom is -0.507 e. The number of rotatable bonds is 6. The number of aliphatic hydroxyl groups is 1. The highest BCUT2D eigenvalue weighted by atomic mass is 16.5. The topological polar surface area (TPSA) is 70.1 Å². The van der Waals surface area contributed by atoms with Gasteiger partial charge in [-0.2, -0.15) is 0 Å². The van der Waals surface area contributed by atoms with Gasteiger partial charge in [0.05, 0.1) is 18.7 Å². The van der Waals surface area contributed by atoms with Gasteiger partial charge in [-0.05, 0) is 57.3 Å². The smallest absolute Gasteiger partial charge is 0.295 e. The Morgan fingerprint density at radius 3 is 2.33 bits per heavy atom. The van der Waals surface area contributed by atoms with E-state index in [-0.39, 0.29) is 11.3 Å². The van der Waals surface area contributed by atoms with Crippen molar-refractivity contribution in [3.05, 3.63) is 70.3 Å². The summed E-state index contributed by atoms with van der Waals surface area (Å²) in [5.41, 5.74) is 3.27. The van der Waals surface area contributed by atoms with E-state index in [2.05, 4.69) is 0 Å². The average molecular weight is 408 g/mol. The number of carbonyl (C=O) groups is 2. The van der Waals surface area contributed by atoms with E-state index in [1.165, 1.54) is 0 Å². The van der Waals surface area contributed by atoms with Crippen LogP contribution in [-0.2, 0) is 9.59 Å². The highest BCUT2D eigenvalue weighted by molar-refractivity contribution is 6.46. The van der Waals surface area contributed by atoms with Crippen molar-refractivity contribution in [2.45, 2.75) is 19.9 Å². The number of carbonyl (C=O) groups excluding carboxylic acids is 2. The fourth-order valence-electron chi connectivity index (χ4n) is 3.69. The molecule has 1 aliphatic heterocycles. The van der Waals surface area contributed by atoms with Crippen LogP contribution >= 0.6 is 0 Å². The zero-order chi connectivity index (χ0) is 22.0. The maximum Gasteiger partial charge on any atom is 0.295 e. The second-order valence-corrected chi connectivity index (χ2v) is 7.89. The number of aryl methyl sites for hydroxylation is 2. The van der Waals surface area contributed by atoms with E-state index in [1.807, 2.05) is 57.1 Å². The molecule has 0 spiro atoms. The fourth-order valence-corrected chi connectivity index (χ4v) is 3.69. The molecule has 6 heteroatoms. The van der Waals surface area contributed by atoms with Gasteiger partial charge in [-0.1, -0.05) is 29.8 Å². The van der Waals surface area contributed by atoms with Gasteiger partial charge in [-0.3, -0.25) is 9.59 Å². The van der Waals surface area contributed by atoms with Crippen LogP contribution in [0.5, 0.6) is 5.75 Å². The van der Waals surface area contributed by atoms with Crippen molar-refractivity contribution in [1.29, 1.82) is 0 Å². The van der Waals surface area contributed by atoms with E-state index in [9.17, 15) is 14.7 Å².